The first kappa shape index (κ1) is 19.2. The van der Waals surface area contributed by atoms with Crippen molar-refractivity contribution < 1.29 is 4.79 Å². The average Bonchev–Trinajstić information content (AvgIpc) is 2.79. The number of hydrogen-bond donors (Lipinski definition) is 2. The lowest BCUT2D eigenvalue weighted by Gasteiger charge is -2.08. The first-order chi connectivity index (χ1) is 10.5. The molecule has 0 bridgehead atoms. The monoisotopic (exact) mass is 336 g/mol. The summed E-state index contributed by atoms with van der Waals surface area (Å²) in [4.78, 5) is 11.8. The molecule has 0 saturated heterocycles. The van der Waals surface area contributed by atoms with Gasteiger partial charge in [0.2, 0.25) is 5.91 Å². The van der Waals surface area contributed by atoms with E-state index < -0.39 is 0 Å². The summed E-state index contributed by atoms with van der Waals surface area (Å²) >= 11 is 0. The average molecular weight is 337 g/mol. The van der Waals surface area contributed by atoms with Crippen LogP contribution in [0.2, 0.25) is 0 Å². The minimum absolute atomic E-state index is 0. The number of aryl methyl sites for hydroxylation is 1. The van der Waals surface area contributed by atoms with Crippen molar-refractivity contribution in [1.82, 2.24) is 15.1 Å². The van der Waals surface area contributed by atoms with Gasteiger partial charge >= 0.3 is 0 Å². The Morgan fingerprint density at radius 2 is 1.96 bits per heavy atom. The minimum Gasteiger partial charge on any atom is -0.352 e. The smallest absolute Gasteiger partial charge is 0.220 e. The van der Waals surface area contributed by atoms with Crippen LogP contribution in [-0.4, -0.2) is 21.7 Å². The predicted octanol–water partition coefficient (Wildman–Crippen LogP) is 2.65. The number of halogens is 1. The molecule has 2 aromatic rings. The van der Waals surface area contributed by atoms with Gasteiger partial charge in [0, 0.05) is 30.3 Å². The molecule has 1 atom stereocenters. The number of rotatable bonds is 6. The van der Waals surface area contributed by atoms with E-state index in [9.17, 15) is 4.79 Å². The molecule has 1 heterocycles. The van der Waals surface area contributed by atoms with Gasteiger partial charge in [-0.25, -0.2) is 4.68 Å². The summed E-state index contributed by atoms with van der Waals surface area (Å²) in [5.41, 5.74) is 9.75. The van der Waals surface area contributed by atoms with Gasteiger partial charge in [-0.05, 0) is 39.3 Å². The SMILES string of the molecule is Cc1nn(-c2ccccc2)c(C)c1CNC(=O)CCC(C)N.Cl. The van der Waals surface area contributed by atoms with Crippen LogP contribution in [0.5, 0.6) is 0 Å². The molecule has 23 heavy (non-hydrogen) atoms. The summed E-state index contributed by atoms with van der Waals surface area (Å²) in [6.07, 6.45) is 1.16. The largest absolute Gasteiger partial charge is 0.352 e. The molecule has 0 spiro atoms. The van der Waals surface area contributed by atoms with E-state index in [1.165, 1.54) is 0 Å². The molecule has 1 aromatic carbocycles. The van der Waals surface area contributed by atoms with Gasteiger partial charge in [-0.3, -0.25) is 4.79 Å². The van der Waals surface area contributed by atoms with E-state index >= 15 is 0 Å². The molecule has 0 saturated carbocycles. The van der Waals surface area contributed by atoms with Crippen LogP contribution in [0.3, 0.4) is 0 Å². The molecule has 126 valence electrons. The topological polar surface area (TPSA) is 72.9 Å². The third-order valence-corrected chi connectivity index (χ3v) is 3.73. The van der Waals surface area contributed by atoms with Gasteiger partial charge in [0.25, 0.3) is 0 Å². The third kappa shape index (κ3) is 5.08. The summed E-state index contributed by atoms with van der Waals surface area (Å²) in [6, 6.07) is 10.0. The first-order valence-electron chi connectivity index (χ1n) is 7.62. The molecule has 6 heteroatoms. The Labute approximate surface area is 143 Å². The molecular formula is C17H25ClN4O. The normalized spacial score (nSPS) is 11.7. The van der Waals surface area contributed by atoms with Crippen molar-refractivity contribution in [1.29, 1.82) is 0 Å². The van der Waals surface area contributed by atoms with Crippen LogP contribution >= 0.6 is 12.4 Å². The van der Waals surface area contributed by atoms with Crippen molar-refractivity contribution in [2.24, 2.45) is 5.73 Å². The molecule has 1 aromatic heterocycles. The predicted molar refractivity (Wildman–Crippen MR) is 95.0 cm³/mol. The minimum atomic E-state index is 0. The number of carbonyl (C=O) groups excluding carboxylic acids is 1. The molecule has 0 radical (unpaired) electrons. The summed E-state index contributed by atoms with van der Waals surface area (Å²) in [5, 5.41) is 7.53. The van der Waals surface area contributed by atoms with Crippen LogP contribution in [0, 0.1) is 13.8 Å². The van der Waals surface area contributed by atoms with Crippen molar-refractivity contribution in [3.63, 3.8) is 0 Å². The molecule has 0 aliphatic carbocycles. The summed E-state index contributed by atoms with van der Waals surface area (Å²) in [7, 11) is 0. The maximum atomic E-state index is 11.8. The fourth-order valence-corrected chi connectivity index (χ4v) is 2.39. The zero-order valence-electron chi connectivity index (χ0n) is 13.9. The lowest BCUT2D eigenvalue weighted by molar-refractivity contribution is -0.121. The van der Waals surface area contributed by atoms with Crippen LogP contribution in [0.15, 0.2) is 30.3 Å². The number of para-hydroxylation sites is 1. The second-order valence-electron chi connectivity index (χ2n) is 5.69. The van der Waals surface area contributed by atoms with Crippen molar-refractivity contribution >= 4 is 18.3 Å². The highest BCUT2D eigenvalue weighted by Crippen LogP contribution is 2.17. The fraction of sp³-hybridized carbons (Fsp3) is 0.412. The summed E-state index contributed by atoms with van der Waals surface area (Å²) in [6.45, 7) is 6.40. The number of benzene rings is 1. The van der Waals surface area contributed by atoms with E-state index in [-0.39, 0.29) is 24.4 Å². The van der Waals surface area contributed by atoms with Crippen LogP contribution in [-0.2, 0) is 11.3 Å². The lowest BCUT2D eigenvalue weighted by atomic mass is 10.1. The van der Waals surface area contributed by atoms with Crippen molar-refractivity contribution in [2.45, 2.75) is 46.2 Å². The van der Waals surface area contributed by atoms with Gasteiger partial charge in [0.15, 0.2) is 0 Å². The molecule has 3 N–H and O–H groups in total. The molecule has 0 aliphatic heterocycles. The second-order valence-corrected chi connectivity index (χ2v) is 5.69. The van der Waals surface area contributed by atoms with E-state index in [1.54, 1.807) is 0 Å². The first-order valence-corrected chi connectivity index (χ1v) is 7.62. The number of nitrogens with two attached hydrogens (primary N) is 1. The Morgan fingerprint density at radius 3 is 2.57 bits per heavy atom. The van der Waals surface area contributed by atoms with E-state index in [0.29, 0.717) is 19.4 Å². The highest BCUT2D eigenvalue weighted by molar-refractivity contribution is 5.85. The Kier molecular flexibility index (Phi) is 7.26. The van der Waals surface area contributed by atoms with Crippen LogP contribution in [0.4, 0.5) is 0 Å². The lowest BCUT2D eigenvalue weighted by Crippen LogP contribution is -2.25. The van der Waals surface area contributed by atoms with E-state index in [2.05, 4.69) is 10.4 Å². The van der Waals surface area contributed by atoms with Crippen LogP contribution in [0.1, 0.15) is 36.7 Å². The number of amides is 1. The highest BCUT2D eigenvalue weighted by Gasteiger charge is 2.13. The van der Waals surface area contributed by atoms with Crippen molar-refractivity contribution in [2.75, 3.05) is 0 Å². The maximum absolute atomic E-state index is 11.8. The standard InChI is InChI=1S/C17H24N4O.ClH/c1-12(18)9-10-17(22)19-11-16-13(2)20-21(14(16)3)15-7-5-4-6-8-15;/h4-8,12H,9-11,18H2,1-3H3,(H,19,22);1H. The van der Waals surface area contributed by atoms with Gasteiger partial charge in [0.1, 0.15) is 0 Å². The van der Waals surface area contributed by atoms with Gasteiger partial charge in [0.05, 0.1) is 11.4 Å². The van der Waals surface area contributed by atoms with Gasteiger partial charge in [-0.1, -0.05) is 18.2 Å². The molecule has 1 amide bonds. The number of nitrogens with zero attached hydrogens (tertiary/aromatic N) is 2. The molecule has 0 aliphatic rings. The third-order valence-electron chi connectivity index (χ3n) is 3.73. The van der Waals surface area contributed by atoms with Crippen molar-refractivity contribution in [3.05, 3.63) is 47.3 Å². The number of aromatic nitrogens is 2. The fourth-order valence-electron chi connectivity index (χ4n) is 2.39. The maximum Gasteiger partial charge on any atom is 0.220 e. The Balaban J connectivity index is 0.00000264. The zero-order valence-corrected chi connectivity index (χ0v) is 14.7. The van der Waals surface area contributed by atoms with E-state index in [4.69, 9.17) is 5.73 Å². The molecular weight excluding hydrogens is 312 g/mol. The second kappa shape index (κ2) is 8.70. The summed E-state index contributed by atoms with van der Waals surface area (Å²) < 4.78 is 1.92. The molecule has 0 fully saturated rings. The van der Waals surface area contributed by atoms with E-state index in [1.807, 2.05) is 55.8 Å². The van der Waals surface area contributed by atoms with E-state index in [0.717, 1.165) is 22.6 Å². The van der Waals surface area contributed by atoms with Crippen LogP contribution in [0.25, 0.3) is 5.69 Å². The quantitative estimate of drug-likeness (QED) is 0.851. The number of carbonyl (C=O) groups is 1. The number of nitrogens with one attached hydrogen (secondary N) is 1. The zero-order chi connectivity index (χ0) is 16.1. The summed E-state index contributed by atoms with van der Waals surface area (Å²) in [5.74, 6) is 0.0311. The Hall–Kier alpha value is -1.85. The number of hydrogen-bond acceptors (Lipinski definition) is 3. The van der Waals surface area contributed by atoms with Crippen LogP contribution < -0.4 is 11.1 Å². The van der Waals surface area contributed by atoms with Crippen molar-refractivity contribution in [3.8, 4) is 5.69 Å². The molecule has 1 unspecified atom stereocenters. The van der Waals surface area contributed by atoms with Gasteiger partial charge < -0.3 is 11.1 Å². The molecule has 2 rings (SSSR count). The van der Waals surface area contributed by atoms with Gasteiger partial charge in [-0.15, -0.1) is 12.4 Å². The molecule has 5 nitrogen and oxygen atoms in total. The highest BCUT2D eigenvalue weighted by atomic mass is 35.5. The van der Waals surface area contributed by atoms with Gasteiger partial charge in [-0.2, -0.15) is 5.10 Å². The Morgan fingerprint density at radius 1 is 1.30 bits per heavy atom. The Bertz CT molecular complexity index is 638.